The Morgan fingerprint density at radius 2 is 2.07 bits per heavy atom. The van der Waals surface area contributed by atoms with E-state index in [1.54, 1.807) is 0 Å². The van der Waals surface area contributed by atoms with Crippen molar-refractivity contribution in [2.24, 2.45) is 5.73 Å². The normalized spacial score (nSPS) is 14.4. The maximum absolute atomic E-state index is 13.1. The topological polar surface area (TPSA) is 46.2 Å². The second-order valence-corrected chi connectivity index (χ2v) is 3.37. The minimum absolute atomic E-state index is 0. The molecule has 0 spiro atoms. The zero-order valence-electron chi connectivity index (χ0n) is 7.58. The Labute approximate surface area is 93.3 Å². The Kier molecular flexibility index (Phi) is 5.37. The second-order valence-electron chi connectivity index (χ2n) is 2.93. The third kappa shape index (κ3) is 3.10. The molecular formula is C9H12Cl2FNO. The van der Waals surface area contributed by atoms with E-state index < -0.39 is 18.0 Å². The van der Waals surface area contributed by atoms with Crippen LogP contribution in [-0.2, 0) is 0 Å². The monoisotopic (exact) mass is 239 g/mol. The first-order chi connectivity index (χ1) is 6.02. The van der Waals surface area contributed by atoms with Gasteiger partial charge in [0, 0.05) is 10.6 Å². The summed E-state index contributed by atoms with van der Waals surface area (Å²) >= 11 is 5.66. The van der Waals surface area contributed by atoms with E-state index in [0.717, 1.165) is 0 Å². The lowest BCUT2D eigenvalue weighted by molar-refractivity contribution is 0.162. The van der Waals surface area contributed by atoms with Gasteiger partial charge in [0.2, 0.25) is 0 Å². The van der Waals surface area contributed by atoms with Gasteiger partial charge >= 0.3 is 0 Å². The van der Waals surface area contributed by atoms with Crippen LogP contribution in [0.3, 0.4) is 0 Å². The molecule has 1 aromatic carbocycles. The highest BCUT2D eigenvalue weighted by atomic mass is 35.5. The summed E-state index contributed by atoms with van der Waals surface area (Å²) in [7, 11) is 0. The molecule has 0 saturated carbocycles. The number of hydrogen-bond acceptors (Lipinski definition) is 2. The first-order valence-corrected chi connectivity index (χ1v) is 4.28. The Morgan fingerprint density at radius 3 is 2.57 bits per heavy atom. The number of benzene rings is 1. The van der Waals surface area contributed by atoms with Crippen LogP contribution in [0.25, 0.3) is 0 Å². The van der Waals surface area contributed by atoms with Crippen LogP contribution in [0, 0.1) is 5.82 Å². The van der Waals surface area contributed by atoms with E-state index in [2.05, 4.69) is 0 Å². The minimum Gasteiger partial charge on any atom is -0.391 e. The van der Waals surface area contributed by atoms with E-state index in [0.29, 0.717) is 5.02 Å². The molecule has 80 valence electrons. The fourth-order valence-corrected chi connectivity index (χ4v) is 1.21. The summed E-state index contributed by atoms with van der Waals surface area (Å²) < 4.78 is 13.1. The quantitative estimate of drug-likeness (QED) is 0.832. The van der Waals surface area contributed by atoms with Crippen LogP contribution in [0.5, 0.6) is 0 Å². The smallest absolute Gasteiger partial charge is 0.128 e. The van der Waals surface area contributed by atoms with Gasteiger partial charge in [-0.25, -0.2) is 4.39 Å². The molecule has 0 aliphatic carbocycles. The summed E-state index contributed by atoms with van der Waals surface area (Å²) in [6.07, 6.45) is -0.798. The van der Waals surface area contributed by atoms with Gasteiger partial charge < -0.3 is 10.8 Å². The van der Waals surface area contributed by atoms with Crippen LogP contribution in [0.2, 0.25) is 5.02 Å². The van der Waals surface area contributed by atoms with Crippen LogP contribution in [0.15, 0.2) is 18.2 Å². The van der Waals surface area contributed by atoms with Crippen molar-refractivity contribution >= 4 is 24.0 Å². The van der Waals surface area contributed by atoms with Gasteiger partial charge in [-0.2, -0.15) is 0 Å². The number of nitrogens with two attached hydrogens (primary N) is 1. The van der Waals surface area contributed by atoms with Gasteiger partial charge in [-0.05, 0) is 25.1 Å². The lowest BCUT2D eigenvalue weighted by Crippen LogP contribution is -2.24. The first-order valence-electron chi connectivity index (χ1n) is 3.91. The second kappa shape index (κ2) is 5.51. The van der Waals surface area contributed by atoms with Crippen molar-refractivity contribution in [3.05, 3.63) is 34.6 Å². The van der Waals surface area contributed by atoms with Crippen LogP contribution in [-0.4, -0.2) is 11.2 Å². The molecule has 0 radical (unpaired) electrons. The molecule has 14 heavy (non-hydrogen) atoms. The third-order valence-electron chi connectivity index (χ3n) is 1.84. The standard InChI is InChI=1S/C9H11ClFNO.ClH/c1-5(13)9(12)7-4-6(10)2-3-8(7)11;/h2-5,9,13H,12H2,1H3;1H/t5-,9-;/m1./s1. The average Bonchev–Trinajstić information content (AvgIpc) is 2.08. The van der Waals surface area contributed by atoms with Crippen molar-refractivity contribution in [3.8, 4) is 0 Å². The highest BCUT2D eigenvalue weighted by Gasteiger charge is 2.16. The molecule has 0 aliphatic heterocycles. The van der Waals surface area contributed by atoms with Crippen molar-refractivity contribution in [2.45, 2.75) is 19.1 Å². The number of aliphatic hydroxyl groups excluding tert-OH is 1. The van der Waals surface area contributed by atoms with Crippen molar-refractivity contribution in [1.29, 1.82) is 0 Å². The number of halogens is 3. The lowest BCUT2D eigenvalue weighted by atomic mass is 10.0. The largest absolute Gasteiger partial charge is 0.391 e. The summed E-state index contributed by atoms with van der Waals surface area (Å²) in [5, 5.41) is 9.56. The molecule has 2 atom stereocenters. The summed E-state index contributed by atoms with van der Waals surface area (Å²) in [5.74, 6) is -0.446. The number of aliphatic hydroxyl groups is 1. The Hall–Kier alpha value is -0.350. The summed E-state index contributed by atoms with van der Waals surface area (Å²) in [4.78, 5) is 0. The van der Waals surface area contributed by atoms with Gasteiger partial charge in [-0.15, -0.1) is 12.4 Å². The van der Waals surface area contributed by atoms with E-state index >= 15 is 0 Å². The Morgan fingerprint density at radius 1 is 1.50 bits per heavy atom. The van der Waals surface area contributed by atoms with E-state index in [-0.39, 0.29) is 18.0 Å². The molecule has 3 N–H and O–H groups in total. The third-order valence-corrected chi connectivity index (χ3v) is 2.07. The fourth-order valence-electron chi connectivity index (χ4n) is 1.03. The molecule has 0 amide bonds. The molecule has 0 unspecified atom stereocenters. The molecule has 0 fully saturated rings. The predicted molar refractivity (Wildman–Crippen MR) is 57.3 cm³/mol. The van der Waals surface area contributed by atoms with Gasteiger partial charge in [0.1, 0.15) is 5.82 Å². The Bertz CT molecular complexity index is 307. The lowest BCUT2D eigenvalue weighted by Gasteiger charge is -2.15. The molecule has 0 saturated heterocycles. The number of rotatable bonds is 2. The SMILES string of the molecule is C[C@@H](O)[C@@H](N)c1cc(Cl)ccc1F.Cl. The molecule has 0 heterocycles. The molecular weight excluding hydrogens is 228 g/mol. The van der Waals surface area contributed by atoms with Crippen LogP contribution in [0.1, 0.15) is 18.5 Å². The summed E-state index contributed by atoms with van der Waals surface area (Å²) in [6.45, 7) is 1.50. The molecule has 0 aliphatic rings. The molecule has 0 bridgehead atoms. The molecule has 5 heteroatoms. The molecule has 2 nitrogen and oxygen atoms in total. The minimum atomic E-state index is -0.798. The zero-order chi connectivity index (χ0) is 10.0. The molecule has 1 rings (SSSR count). The highest BCUT2D eigenvalue weighted by molar-refractivity contribution is 6.30. The van der Waals surface area contributed by atoms with E-state index in [9.17, 15) is 4.39 Å². The zero-order valence-corrected chi connectivity index (χ0v) is 9.15. The first kappa shape index (κ1) is 13.7. The van der Waals surface area contributed by atoms with E-state index in [1.807, 2.05) is 0 Å². The van der Waals surface area contributed by atoms with Gasteiger partial charge in [-0.3, -0.25) is 0 Å². The van der Waals surface area contributed by atoms with Gasteiger partial charge in [0.25, 0.3) is 0 Å². The van der Waals surface area contributed by atoms with Gasteiger partial charge in [0.15, 0.2) is 0 Å². The van der Waals surface area contributed by atoms with Gasteiger partial charge in [-0.1, -0.05) is 11.6 Å². The summed E-state index contributed by atoms with van der Waals surface area (Å²) in [5.41, 5.74) is 5.80. The number of hydrogen-bond donors (Lipinski definition) is 2. The van der Waals surface area contributed by atoms with Gasteiger partial charge in [0.05, 0.1) is 12.1 Å². The van der Waals surface area contributed by atoms with Crippen LogP contribution < -0.4 is 5.73 Å². The van der Waals surface area contributed by atoms with Crippen molar-refractivity contribution < 1.29 is 9.50 Å². The molecule has 0 aromatic heterocycles. The van der Waals surface area contributed by atoms with E-state index in [1.165, 1.54) is 25.1 Å². The predicted octanol–water partition coefficient (Wildman–Crippen LogP) is 2.28. The summed E-state index contributed by atoms with van der Waals surface area (Å²) in [6, 6.07) is 3.36. The van der Waals surface area contributed by atoms with Crippen molar-refractivity contribution in [2.75, 3.05) is 0 Å². The Balaban J connectivity index is 0.00000169. The van der Waals surface area contributed by atoms with Crippen molar-refractivity contribution in [3.63, 3.8) is 0 Å². The van der Waals surface area contributed by atoms with Crippen LogP contribution in [0.4, 0.5) is 4.39 Å². The maximum Gasteiger partial charge on any atom is 0.128 e. The average molecular weight is 240 g/mol. The maximum atomic E-state index is 13.1. The molecule has 1 aromatic rings. The van der Waals surface area contributed by atoms with E-state index in [4.69, 9.17) is 22.4 Å². The fraction of sp³-hybridized carbons (Fsp3) is 0.333. The van der Waals surface area contributed by atoms with Crippen LogP contribution >= 0.6 is 24.0 Å². The van der Waals surface area contributed by atoms with Crippen molar-refractivity contribution in [1.82, 2.24) is 0 Å². The highest BCUT2D eigenvalue weighted by Crippen LogP contribution is 2.21.